The maximum absolute atomic E-state index is 10.6. The fraction of sp³-hybridized carbons (Fsp3) is 0.222. The van der Waals surface area contributed by atoms with Crippen molar-refractivity contribution in [3.8, 4) is 0 Å². The van der Waals surface area contributed by atoms with Gasteiger partial charge in [0.2, 0.25) is 5.91 Å². The molecule has 1 rings (SSSR count). The van der Waals surface area contributed by atoms with E-state index in [0.717, 1.165) is 10.6 Å². The van der Waals surface area contributed by atoms with Crippen molar-refractivity contribution in [2.24, 2.45) is 11.0 Å². The Hall–Kier alpha value is -1.91. The molecule has 0 saturated carbocycles. The lowest BCUT2D eigenvalue weighted by Gasteiger charge is -2.12. The summed E-state index contributed by atoms with van der Waals surface area (Å²) in [5, 5.41) is 3.73. The molecule has 74 valence electrons. The number of carbonyl (C=O) groups is 1. The molecule has 0 heterocycles. The average Bonchev–Trinajstić information content (AvgIpc) is 2.15. The largest absolute Gasteiger partial charge is 0.368 e. The summed E-state index contributed by atoms with van der Waals surface area (Å²) < 4.78 is 0. The van der Waals surface area contributed by atoms with Crippen LogP contribution in [0.15, 0.2) is 29.6 Å². The second-order valence-electron chi connectivity index (χ2n) is 2.94. The van der Waals surface area contributed by atoms with Crippen LogP contribution in [-0.2, 0) is 4.79 Å². The summed E-state index contributed by atoms with van der Waals surface area (Å²) in [4.78, 5) is 21.0. The van der Waals surface area contributed by atoms with E-state index in [1.807, 2.05) is 19.1 Å². The van der Waals surface area contributed by atoms with Crippen molar-refractivity contribution >= 4 is 11.6 Å². The van der Waals surface area contributed by atoms with Crippen molar-refractivity contribution in [3.63, 3.8) is 0 Å². The molecule has 0 aliphatic rings. The van der Waals surface area contributed by atoms with Gasteiger partial charge in [0.1, 0.15) is 6.54 Å². The lowest BCUT2D eigenvalue weighted by molar-refractivity contribution is -0.116. The van der Waals surface area contributed by atoms with Crippen molar-refractivity contribution in [1.29, 1.82) is 0 Å². The van der Waals surface area contributed by atoms with Gasteiger partial charge in [-0.05, 0) is 19.1 Å². The Kier molecular flexibility index (Phi) is 3.17. The molecule has 0 fully saturated rings. The van der Waals surface area contributed by atoms with Crippen LogP contribution in [0.25, 0.3) is 0 Å². The number of hydrogen-bond donors (Lipinski definition) is 1. The summed E-state index contributed by atoms with van der Waals surface area (Å²) in [5.74, 6) is -0.592. The zero-order valence-corrected chi connectivity index (χ0v) is 7.80. The quantitative estimate of drug-likeness (QED) is 0.571. The maximum Gasteiger partial charge on any atom is 0.239 e. The van der Waals surface area contributed by atoms with E-state index < -0.39 is 5.91 Å². The van der Waals surface area contributed by atoms with Gasteiger partial charge in [-0.3, -0.25) is 4.79 Å². The van der Waals surface area contributed by atoms with Crippen LogP contribution >= 0.6 is 0 Å². The monoisotopic (exact) mass is 193 g/mol. The SMILES string of the molecule is Cc1ccc(N(CC(N)=O)N=O)cc1. The Balaban J connectivity index is 2.84. The van der Waals surface area contributed by atoms with E-state index in [1.165, 1.54) is 0 Å². The van der Waals surface area contributed by atoms with Crippen molar-refractivity contribution in [2.75, 3.05) is 11.6 Å². The summed E-state index contributed by atoms with van der Waals surface area (Å²) in [6.07, 6.45) is 0. The lowest BCUT2D eigenvalue weighted by Crippen LogP contribution is -2.29. The van der Waals surface area contributed by atoms with Crippen LogP contribution in [0.2, 0.25) is 0 Å². The molecule has 0 bridgehead atoms. The Morgan fingerprint density at radius 1 is 1.43 bits per heavy atom. The number of rotatable bonds is 4. The maximum atomic E-state index is 10.6. The molecule has 0 spiro atoms. The molecule has 1 aromatic carbocycles. The van der Waals surface area contributed by atoms with Crippen LogP contribution in [0.5, 0.6) is 0 Å². The molecule has 1 amide bonds. The highest BCUT2D eigenvalue weighted by Gasteiger charge is 2.08. The van der Waals surface area contributed by atoms with Crippen LogP contribution in [0.3, 0.4) is 0 Å². The summed E-state index contributed by atoms with van der Waals surface area (Å²) in [6, 6.07) is 7.07. The highest BCUT2D eigenvalue weighted by Crippen LogP contribution is 2.14. The molecule has 14 heavy (non-hydrogen) atoms. The third-order valence-corrected chi connectivity index (χ3v) is 1.74. The molecule has 0 atom stereocenters. The van der Waals surface area contributed by atoms with E-state index in [0.29, 0.717) is 5.69 Å². The van der Waals surface area contributed by atoms with E-state index in [1.54, 1.807) is 12.1 Å². The van der Waals surface area contributed by atoms with Gasteiger partial charge in [-0.15, -0.1) is 4.91 Å². The normalized spacial score (nSPS) is 9.50. The van der Waals surface area contributed by atoms with Gasteiger partial charge in [0.15, 0.2) is 0 Å². The van der Waals surface area contributed by atoms with Crippen LogP contribution < -0.4 is 10.7 Å². The molecular formula is C9H11N3O2. The molecule has 0 radical (unpaired) electrons. The fourth-order valence-corrected chi connectivity index (χ4v) is 1.03. The van der Waals surface area contributed by atoms with Gasteiger partial charge in [-0.2, -0.15) is 0 Å². The van der Waals surface area contributed by atoms with Gasteiger partial charge >= 0.3 is 0 Å². The fourth-order valence-electron chi connectivity index (χ4n) is 1.03. The highest BCUT2D eigenvalue weighted by molar-refractivity contribution is 5.79. The Morgan fingerprint density at radius 3 is 2.43 bits per heavy atom. The van der Waals surface area contributed by atoms with E-state index in [9.17, 15) is 9.70 Å². The number of nitrogens with zero attached hydrogens (tertiary/aromatic N) is 2. The average molecular weight is 193 g/mol. The first kappa shape index (κ1) is 10.2. The summed E-state index contributed by atoms with van der Waals surface area (Å²) >= 11 is 0. The Morgan fingerprint density at radius 2 is 2.00 bits per heavy atom. The lowest BCUT2D eigenvalue weighted by atomic mass is 10.2. The third kappa shape index (κ3) is 2.55. The number of carbonyl (C=O) groups excluding carboxylic acids is 1. The Labute approximate surface area is 81.5 Å². The number of nitrogens with two attached hydrogens (primary N) is 1. The van der Waals surface area contributed by atoms with Gasteiger partial charge in [0.05, 0.1) is 11.0 Å². The third-order valence-electron chi connectivity index (χ3n) is 1.74. The molecule has 5 nitrogen and oxygen atoms in total. The minimum absolute atomic E-state index is 0.202. The van der Waals surface area contributed by atoms with E-state index in [-0.39, 0.29) is 6.54 Å². The molecule has 0 unspecified atom stereocenters. The number of amides is 1. The second kappa shape index (κ2) is 4.36. The zero-order valence-electron chi connectivity index (χ0n) is 7.80. The standard InChI is InChI=1S/C9H11N3O2/c1-7-2-4-8(5-3-7)12(11-14)6-9(10)13/h2-5H,6H2,1H3,(H2,10,13). The van der Waals surface area contributed by atoms with Gasteiger partial charge < -0.3 is 5.73 Å². The number of anilines is 1. The van der Waals surface area contributed by atoms with E-state index in [4.69, 9.17) is 5.73 Å². The van der Waals surface area contributed by atoms with Crippen molar-refractivity contribution in [1.82, 2.24) is 0 Å². The number of benzene rings is 1. The van der Waals surface area contributed by atoms with Gasteiger partial charge in [-0.1, -0.05) is 17.7 Å². The van der Waals surface area contributed by atoms with Crippen molar-refractivity contribution in [2.45, 2.75) is 6.92 Å². The minimum Gasteiger partial charge on any atom is -0.368 e. The predicted molar refractivity (Wildman–Crippen MR) is 53.5 cm³/mol. The number of primary amides is 1. The highest BCUT2D eigenvalue weighted by atomic mass is 16.3. The molecule has 5 heteroatoms. The van der Waals surface area contributed by atoms with E-state index in [2.05, 4.69) is 5.29 Å². The van der Waals surface area contributed by atoms with Gasteiger partial charge in [0, 0.05) is 0 Å². The zero-order chi connectivity index (χ0) is 10.6. The number of hydrogen-bond acceptors (Lipinski definition) is 3. The number of aryl methyl sites for hydroxylation is 1. The van der Waals surface area contributed by atoms with Crippen LogP contribution in [0.4, 0.5) is 5.69 Å². The topological polar surface area (TPSA) is 75.8 Å². The molecule has 1 aromatic rings. The minimum atomic E-state index is -0.592. The first-order valence-corrected chi connectivity index (χ1v) is 4.09. The van der Waals surface area contributed by atoms with Gasteiger partial charge in [-0.25, -0.2) is 5.01 Å². The molecule has 0 aliphatic carbocycles. The first-order valence-electron chi connectivity index (χ1n) is 4.09. The van der Waals surface area contributed by atoms with Crippen LogP contribution in [-0.4, -0.2) is 12.5 Å². The molecule has 0 saturated heterocycles. The smallest absolute Gasteiger partial charge is 0.239 e. The van der Waals surface area contributed by atoms with Crippen molar-refractivity contribution < 1.29 is 4.79 Å². The van der Waals surface area contributed by atoms with Crippen molar-refractivity contribution in [3.05, 3.63) is 34.7 Å². The molecular weight excluding hydrogens is 182 g/mol. The molecule has 0 aromatic heterocycles. The summed E-state index contributed by atoms with van der Waals surface area (Å²) in [7, 11) is 0. The van der Waals surface area contributed by atoms with Gasteiger partial charge in [0.25, 0.3) is 0 Å². The first-order chi connectivity index (χ1) is 6.63. The molecule has 0 aliphatic heterocycles. The summed E-state index contributed by atoms with van der Waals surface area (Å²) in [5.41, 5.74) is 6.58. The van der Waals surface area contributed by atoms with E-state index >= 15 is 0 Å². The second-order valence-corrected chi connectivity index (χ2v) is 2.94. The molecule has 2 N–H and O–H groups in total. The predicted octanol–water partition coefficient (Wildman–Crippen LogP) is 0.968. The number of nitroso groups, excluding NO2 is 1. The Bertz CT molecular complexity index is 334. The van der Waals surface area contributed by atoms with Crippen LogP contribution in [0.1, 0.15) is 5.56 Å². The van der Waals surface area contributed by atoms with Crippen LogP contribution in [0, 0.1) is 11.8 Å². The summed E-state index contributed by atoms with van der Waals surface area (Å²) in [6.45, 7) is 1.73.